The summed E-state index contributed by atoms with van der Waals surface area (Å²) in [6.07, 6.45) is -0.975. The predicted molar refractivity (Wildman–Crippen MR) is 108 cm³/mol. The summed E-state index contributed by atoms with van der Waals surface area (Å²) < 4.78 is 11.3. The van der Waals surface area contributed by atoms with Gasteiger partial charge in [-0.2, -0.15) is 0 Å². The second kappa shape index (κ2) is 7.46. The van der Waals surface area contributed by atoms with Crippen LogP contribution >= 0.6 is 0 Å². The van der Waals surface area contributed by atoms with Gasteiger partial charge in [0, 0.05) is 30.0 Å². The lowest BCUT2D eigenvalue weighted by Gasteiger charge is -2.25. The Balaban J connectivity index is 2.40. The van der Waals surface area contributed by atoms with Crippen molar-refractivity contribution >= 4 is 16.8 Å². The smallest absolute Gasteiger partial charge is 0.336 e. The average Bonchev–Trinajstić information content (AvgIpc) is 3.05. The van der Waals surface area contributed by atoms with Crippen LogP contribution < -0.4 is 10.4 Å². The zero-order valence-corrected chi connectivity index (χ0v) is 17.4. The Morgan fingerprint density at radius 3 is 2.55 bits per heavy atom. The molecule has 0 saturated carbocycles. The normalized spacial score (nSPS) is 17.4. The lowest BCUT2D eigenvalue weighted by molar-refractivity contribution is -0.0225. The van der Waals surface area contributed by atoms with Crippen LogP contribution in [0.1, 0.15) is 75.0 Å². The van der Waals surface area contributed by atoms with Crippen LogP contribution in [0.25, 0.3) is 11.0 Å². The minimum atomic E-state index is -1.21. The van der Waals surface area contributed by atoms with Crippen molar-refractivity contribution in [3.63, 3.8) is 0 Å². The summed E-state index contributed by atoms with van der Waals surface area (Å²) in [6, 6.07) is 1.19. The molecule has 1 aromatic heterocycles. The molecule has 7 nitrogen and oxygen atoms in total. The van der Waals surface area contributed by atoms with E-state index in [2.05, 4.69) is 0 Å². The molecular formula is C22H28O7. The number of hydrogen-bond acceptors (Lipinski definition) is 7. The highest BCUT2D eigenvalue weighted by molar-refractivity contribution is 6.11. The molecule has 0 amide bonds. The maximum Gasteiger partial charge on any atom is 0.336 e. The number of aliphatic hydroxyl groups is 2. The van der Waals surface area contributed by atoms with E-state index in [1.807, 2.05) is 13.8 Å². The van der Waals surface area contributed by atoms with Crippen molar-refractivity contribution in [1.29, 1.82) is 0 Å². The van der Waals surface area contributed by atoms with E-state index >= 15 is 0 Å². The van der Waals surface area contributed by atoms with Crippen molar-refractivity contribution in [3.05, 3.63) is 33.2 Å². The van der Waals surface area contributed by atoms with Gasteiger partial charge < -0.3 is 24.5 Å². The number of aliphatic hydroxyl groups excluding tert-OH is 1. The SMILES string of the molecule is CCC(O)c1cc(=O)oc2c(C(=O)CC(C)C)c(O)c3c(c12)OC(C(C)(C)O)C3. The van der Waals surface area contributed by atoms with Gasteiger partial charge in [0.05, 0.1) is 17.1 Å². The fraction of sp³-hybridized carbons (Fsp3) is 0.545. The monoisotopic (exact) mass is 404 g/mol. The third kappa shape index (κ3) is 3.76. The molecule has 0 spiro atoms. The number of carbonyl (C=O) groups excluding carboxylic acids is 1. The summed E-state index contributed by atoms with van der Waals surface area (Å²) in [5.74, 6) is -0.391. The number of carbonyl (C=O) groups is 1. The van der Waals surface area contributed by atoms with Crippen LogP contribution in [0.3, 0.4) is 0 Å². The number of fused-ring (bicyclic) bond motifs is 3. The van der Waals surface area contributed by atoms with E-state index in [-0.39, 0.29) is 52.8 Å². The Labute approximate surface area is 168 Å². The summed E-state index contributed by atoms with van der Waals surface area (Å²) in [4.78, 5) is 25.2. The zero-order chi connectivity index (χ0) is 21.7. The van der Waals surface area contributed by atoms with E-state index in [0.717, 1.165) is 0 Å². The van der Waals surface area contributed by atoms with Crippen LogP contribution in [-0.4, -0.2) is 32.8 Å². The van der Waals surface area contributed by atoms with E-state index in [1.165, 1.54) is 6.07 Å². The number of phenolic OH excluding ortho intramolecular Hbond substituents is 1. The van der Waals surface area contributed by atoms with Gasteiger partial charge in [-0.05, 0) is 26.2 Å². The number of ketones is 1. The molecule has 0 radical (unpaired) electrons. The molecular weight excluding hydrogens is 376 g/mol. The molecule has 0 bridgehead atoms. The van der Waals surface area contributed by atoms with Crippen molar-refractivity contribution < 1.29 is 29.3 Å². The molecule has 2 heterocycles. The fourth-order valence-corrected chi connectivity index (χ4v) is 3.74. The lowest BCUT2D eigenvalue weighted by Crippen LogP contribution is -2.39. The van der Waals surface area contributed by atoms with Crippen LogP contribution in [0.2, 0.25) is 0 Å². The summed E-state index contributed by atoms with van der Waals surface area (Å²) in [5, 5.41) is 32.2. The van der Waals surface area contributed by atoms with Crippen molar-refractivity contribution in [2.45, 2.75) is 71.7 Å². The molecule has 3 rings (SSSR count). The highest BCUT2D eigenvalue weighted by Crippen LogP contribution is 2.48. The van der Waals surface area contributed by atoms with Crippen LogP contribution in [-0.2, 0) is 6.42 Å². The number of aromatic hydroxyl groups is 1. The Kier molecular flexibility index (Phi) is 5.49. The summed E-state index contributed by atoms with van der Waals surface area (Å²) in [5.41, 5.74) is -1.44. The second-order valence-electron chi connectivity index (χ2n) is 8.67. The van der Waals surface area contributed by atoms with Crippen LogP contribution in [0, 0.1) is 5.92 Å². The maximum absolute atomic E-state index is 13.0. The first-order valence-corrected chi connectivity index (χ1v) is 9.91. The fourth-order valence-electron chi connectivity index (χ4n) is 3.74. The van der Waals surface area contributed by atoms with E-state index in [0.29, 0.717) is 17.4 Å². The molecule has 158 valence electrons. The van der Waals surface area contributed by atoms with Crippen LogP contribution in [0.15, 0.2) is 15.3 Å². The molecule has 2 aromatic rings. The van der Waals surface area contributed by atoms with Crippen LogP contribution in [0.5, 0.6) is 11.5 Å². The molecule has 2 unspecified atom stereocenters. The largest absolute Gasteiger partial charge is 0.507 e. The molecule has 0 fully saturated rings. The topological polar surface area (TPSA) is 117 Å². The van der Waals surface area contributed by atoms with Gasteiger partial charge >= 0.3 is 5.63 Å². The van der Waals surface area contributed by atoms with Gasteiger partial charge in [0.15, 0.2) is 11.4 Å². The number of hydrogen-bond donors (Lipinski definition) is 3. The maximum atomic E-state index is 13.0. The first-order valence-electron chi connectivity index (χ1n) is 9.91. The predicted octanol–water partition coefficient (Wildman–Crippen LogP) is 3.25. The number of phenols is 1. The molecule has 0 saturated heterocycles. The van der Waals surface area contributed by atoms with E-state index in [4.69, 9.17) is 9.15 Å². The Hall–Kier alpha value is -2.38. The molecule has 1 aliphatic heterocycles. The van der Waals surface area contributed by atoms with Crippen molar-refractivity contribution in [3.8, 4) is 11.5 Å². The van der Waals surface area contributed by atoms with Crippen molar-refractivity contribution in [2.24, 2.45) is 5.92 Å². The quantitative estimate of drug-likeness (QED) is 0.500. The molecule has 1 aliphatic rings. The third-order valence-corrected chi connectivity index (χ3v) is 5.30. The molecule has 2 atom stereocenters. The summed E-state index contributed by atoms with van der Waals surface area (Å²) in [7, 11) is 0. The molecule has 1 aromatic carbocycles. The standard InChI is InChI=1S/C22H28O7/c1-6-13(23)11-9-16(25)29-21-17(11)20-12(8-15(28-20)22(4,5)27)19(26)18(21)14(24)7-10(2)3/h9-10,13,15,23,26-27H,6-8H2,1-5H3. The van der Waals surface area contributed by atoms with Crippen LogP contribution in [0.4, 0.5) is 0 Å². The van der Waals surface area contributed by atoms with Gasteiger partial charge in [0.25, 0.3) is 0 Å². The lowest BCUT2D eigenvalue weighted by atomic mass is 9.90. The first-order chi connectivity index (χ1) is 13.5. The molecule has 3 N–H and O–H groups in total. The van der Waals surface area contributed by atoms with Gasteiger partial charge in [-0.1, -0.05) is 20.8 Å². The highest BCUT2D eigenvalue weighted by atomic mass is 16.5. The summed E-state index contributed by atoms with van der Waals surface area (Å²) >= 11 is 0. The first kappa shape index (κ1) is 21.3. The van der Waals surface area contributed by atoms with E-state index in [1.54, 1.807) is 20.8 Å². The third-order valence-electron chi connectivity index (χ3n) is 5.30. The number of rotatable bonds is 6. The Morgan fingerprint density at radius 2 is 2.00 bits per heavy atom. The zero-order valence-electron chi connectivity index (χ0n) is 17.4. The average molecular weight is 404 g/mol. The number of Topliss-reactive ketones (excluding diaryl/α,β-unsaturated/α-hetero) is 1. The van der Waals surface area contributed by atoms with Gasteiger partial charge in [-0.3, -0.25) is 4.79 Å². The van der Waals surface area contributed by atoms with Crippen molar-refractivity contribution in [1.82, 2.24) is 0 Å². The van der Waals surface area contributed by atoms with Gasteiger partial charge in [0.1, 0.15) is 23.2 Å². The van der Waals surface area contributed by atoms with Crippen molar-refractivity contribution in [2.75, 3.05) is 0 Å². The number of benzene rings is 1. The summed E-state index contributed by atoms with van der Waals surface area (Å²) in [6.45, 7) is 8.70. The number of ether oxygens (including phenoxy) is 1. The van der Waals surface area contributed by atoms with E-state index in [9.17, 15) is 24.9 Å². The molecule has 7 heteroatoms. The second-order valence-corrected chi connectivity index (χ2v) is 8.67. The Bertz CT molecular complexity index is 1010. The van der Waals surface area contributed by atoms with Gasteiger partial charge in [-0.25, -0.2) is 4.79 Å². The van der Waals surface area contributed by atoms with E-state index < -0.39 is 23.4 Å². The Morgan fingerprint density at radius 1 is 1.34 bits per heavy atom. The van der Waals surface area contributed by atoms with Gasteiger partial charge in [-0.15, -0.1) is 0 Å². The highest BCUT2D eigenvalue weighted by Gasteiger charge is 2.40. The minimum absolute atomic E-state index is 0.0294. The molecule has 29 heavy (non-hydrogen) atoms. The minimum Gasteiger partial charge on any atom is -0.507 e. The molecule has 0 aliphatic carbocycles. The van der Waals surface area contributed by atoms with Gasteiger partial charge in [0.2, 0.25) is 0 Å².